The average Bonchev–Trinajstić information content (AvgIpc) is 3.16. The Labute approximate surface area is 141 Å². The number of carbonyl (C=O) groups excluding carboxylic acids is 1. The fraction of sp³-hybridized carbons (Fsp3) is 0.211. The van der Waals surface area contributed by atoms with Crippen LogP contribution >= 0.6 is 0 Å². The van der Waals surface area contributed by atoms with Gasteiger partial charge in [0, 0.05) is 36.9 Å². The first-order valence-electron chi connectivity index (χ1n) is 7.99. The molecule has 1 aromatic carbocycles. The largest absolute Gasteiger partial charge is 0.350 e. The number of benzene rings is 1. The van der Waals surface area contributed by atoms with E-state index in [0.29, 0.717) is 12.8 Å². The van der Waals surface area contributed by atoms with Crippen molar-refractivity contribution in [1.29, 1.82) is 0 Å². The Morgan fingerprint density at radius 3 is 2.67 bits per heavy atom. The molecular weight excluding hydrogens is 300 g/mol. The lowest BCUT2D eigenvalue weighted by Crippen LogP contribution is -2.26. The molecule has 0 bridgehead atoms. The quantitative estimate of drug-likeness (QED) is 0.759. The molecule has 1 atom stereocenters. The molecule has 24 heavy (non-hydrogen) atoms. The molecule has 2 aromatic heterocycles. The van der Waals surface area contributed by atoms with Gasteiger partial charge in [-0.15, -0.1) is 0 Å². The van der Waals surface area contributed by atoms with Crippen molar-refractivity contribution in [2.75, 3.05) is 0 Å². The van der Waals surface area contributed by atoms with Gasteiger partial charge in [-0.25, -0.2) is 4.98 Å². The molecule has 0 radical (unpaired) electrons. The summed E-state index contributed by atoms with van der Waals surface area (Å²) in [5, 5.41) is 3.04. The molecule has 0 aliphatic rings. The van der Waals surface area contributed by atoms with Gasteiger partial charge in [0.25, 0.3) is 0 Å². The summed E-state index contributed by atoms with van der Waals surface area (Å²) in [7, 11) is 0. The smallest absolute Gasteiger partial charge is 0.220 e. The van der Waals surface area contributed by atoms with Gasteiger partial charge in [-0.3, -0.25) is 9.78 Å². The molecule has 0 fully saturated rings. The second-order valence-corrected chi connectivity index (χ2v) is 5.71. The molecule has 1 N–H and O–H groups in total. The highest BCUT2D eigenvalue weighted by molar-refractivity contribution is 5.76. The minimum absolute atomic E-state index is 0.0248. The molecule has 0 spiro atoms. The lowest BCUT2D eigenvalue weighted by molar-refractivity contribution is -0.121. The van der Waals surface area contributed by atoms with Gasteiger partial charge >= 0.3 is 0 Å². The topological polar surface area (TPSA) is 59.8 Å². The summed E-state index contributed by atoms with van der Waals surface area (Å²) in [6.45, 7) is 1.99. The first kappa shape index (κ1) is 15.9. The Balaban J connectivity index is 1.54. The number of aromatic nitrogens is 3. The highest BCUT2D eigenvalue weighted by Crippen LogP contribution is 2.16. The molecule has 122 valence electrons. The fourth-order valence-corrected chi connectivity index (χ4v) is 2.55. The predicted molar refractivity (Wildman–Crippen MR) is 92.7 cm³/mol. The zero-order valence-corrected chi connectivity index (χ0v) is 13.6. The maximum absolute atomic E-state index is 12.1. The van der Waals surface area contributed by atoms with Gasteiger partial charge in [-0.2, -0.15) is 0 Å². The third kappa shape index (κ3) is 4.07. The number of nitrogens with one attached hydrogen (secondary N) is 1. The zero-order chi connectivity index (χ0) is 16.8. The van der Waals surface area contributed by atoms with E-state index in [1.54, 1.807) is 24.9 Å². The molecule has 5 nitrogen and oxygen atoms in total. The minimum Gasteiger partial charge on any atom is -0.350 e. The number of nitrogens with zero attached hydrogens (tertiary/aromatic N) is 3. The van der Waals surface area contributed by atoms with Gasteiger partial charge in [0.15, 0.2) is 0 Å². The predicted octanol–water partition coefficient (Wildman–Crippen LogP) is 3.08. The Kier molecular flexibility index (Phi) is 5.01. The van der Waals surface area contributed by atoms with Crippen molar-refractivity contribution in [2.45, 2.75) is 25.8 Å². The zero-order valence-electron chi connectivity index (χ0n) is 13.6. The second kappa shape index (κ2) is 7.55. The van der Waals surface area contributed by atoms with E-state index in [1.165, 1.54) is 0 Å². The van der Waals surface area contributed by atoms with Crippen molar-refractivity contribution in [3.8, 4) is 5.69 Å². The molecule has 0 aliphatic heterocycles. The van der Waals surface area contributed by atoms with E-state index >= 15 is 0 Å². The van der Waals surface area contributed by atoms with Gasteiger partial charge in [-0.1, -0.05) is 18.2 Å². The van der Waals surface area contributed by atoms with Crippen LogP contribution in [0.4, 0.5) is 0 Å². The number of imidazole rings is 1. The fourth-order valence-electron chi connectivity index (χ4n) is 2.55. The Bertz CT molecular complexity index is 767. The van der Waals surface area contributed by atoms with Crippen LogP contribution in [0, 0.1) is 0 Å². The van der Waals surface area contributed by atoms with E-state index < -0.39 is 0 Å². The number of hydrogen-bond donors (Lipinski definition) is 1. The van der Waals surface area contributed by atoms with E-state index in [0.717, 1.165) is 16.8 Å². The number of carbonyl (C=O) groups is 1. The summed E-state index contributed by atoms with van der Waals surface area (Å²) in [6, 6.07) is 12.0. The van der Waals surface area contributed by atoms with Crippen LogP contribution in [-0.2, 0) is 11.2 Å². The van der Waals surface area contributed by atoms with Crippen LogP contribution in [0.3, 0.4) is 0 Å². The highest BCUT2D eigenvalue weighted by atomic mass is 16.1. The van der Waals surface area contributed by atoms with Crippen molar-refractivity contribution in [1.82, 2.24) is 19.9 Å². The van der Waals surface area contributed by atoms with Gasteiger partial charge in [0.1, 0.15) is 0 Å². The molecule has 0 saturated heterocycles. The molecule has 5 heteroatoms. The van der Waals surface area contributed by atoms with E-state index in [2.05, 4.69) is 15.3 Å². The molecule has 3 rings (SSSR count). The van der Waals surface area contributed by atoms with Gasteiger partial charge in [0.05, 0.1) is 12.4 Å². The third-order valence-corrected chi connectivity index (χ3v) is 3.94. The lowest BCUT2D eigenvalue weighted by atomic mass is 10.1. The van der Waals surface area contributed by atoms with Crippen LogP contribution in [0.1, 0.15) is 30.5 Å². The standard InChI is InChI=1S/C19H20N4O/c1-15(22-19(24)9-4-16-3-2-10-20-13-16)17-5-7-18(8-6-17)23-12-11-21-14-23/h2-3,5-8,10-15H,4,9H2,1H3,(H,22,24)/t15-/m0/s1. The number of aryl methyl sites for hydroxylation is 1. The number of rotatable bonds is 6. The summed E-state index contributed by atoms with van der Waals surface area (Å²) in [5.74, 6) is 0.0463. The van der Waals surface area contributed by atoms with E-state index in [9.17, 15) is 4.79 Å². The summed E-state index contributed by atoms with van der Waals surface area (Å²) < 4.78 is 1.95. The molecule has 2 heterocycles. The van der Waals surface area contributed by atoms with Crippen LogP contribution in [0.5, 0.6) is 0 Å². The first-order valence-corrected chi connectivity index (χ1v) is 7.99. The summed E-state index contributed by atoms with van der Waals surface area (Å²) in [4.78, 5) is 20.2. The molecule has 0 unspecified atom stereocenters. The van der Waals surface area contributed by atoms with E-state index in [-0.39, 0.29) is 11.9 Å². The second-order valence-electron chi connectivity index (χ2n) is 5.71. The van der Waals surface area contributed by atoms with Gasteiger partial charge < -0.3 is 9.88 Å². The van der Waals surface area contributed by atoms with Crippen LogP contribution in [0.2, 0.25) is 0 Å². The number of pyridine rings is 1. The average molecular weight is 320 g/mol. The van der Waals surface area contributed by atoms with Crippen molar-refractivity contribution < 1.29 is 4.79 Å². The van der Waals surface area contributed by atoms with E-state index in [1.807, 2.05) is 54.1 Å². The summed E-state index contributed by atoms with van der Waals surface area (Å²) >= 11 is 0. The van der Waals surface area contributed by atoms with Gasteiger partial charge in [-0.05, 0) is 42.7 Å². The normalized spacial score (nSPS) is 11.9. The van der Waals surface area contributed by atoms with Crippen molar-refractivity contribution in [2.24, 2.45) is 0 Å². The maximum Gasteiger partial charge on any atom is 0.220 e. The van der Waals surface area contributed by atoms with Crippen LogP contribution in [-0.4, -0.2) is 20.4 Å². The Morgan fingerprint density at radius 1 is 1.17 bits per heavy atom. The number of amides is 1. The SMILES string of the molecule is C[C@H](NC(=O)CCc1cccnc1)c1ccc(-n2ccnc2)cc1. The Hall–Kier alpha value is -2.95. The van der Waals surface area contributed by atoms with Gasteiger partial charge in [0.2, 0.25) is 5.91 Å². The molecule has 0 saturated carbocycles. The minimum atomic E-state index is -0.0248. The monoisotopic (exact) mass is 320 g/mol. The van der Waals surface area contributed by atoms with Crippen LogP contribution in [0.15, 0.2) is 67.5 Å². The molecular formula is C19H20N4O. The maximum atomic E-state index is 12.1. The molecule has 1 amide bonds. The first-order chi connectivity index (χ1) is 11.7. The molecule has 0 aliphatic carbocycles. The van der Waals surface area contributed by atoms with Crippen molar-refractivity contribution >= 4 is 5.91 Å². The molecule has 3 aromatic rings. The summed E-state index contributed by atoms with van der Waals surface area (Å²) in [6.07, 6.45) is 10.1. The van der Waals surface area contributed by atoms with Crippen molar-refractivity contribution in [3.05, 3.63) is 78.6 Å². The number of hydrogen-bond acceptors (Lipinski definition) is 3. The van der Waals surface area contributed by atoms with Crippen LogP contribution < -0.4 is 5.32 Å². The van der Waals surface area contributed by atoms with Crippen molar-refractivity contribution in [3.63, 3.8) is 0 Å². The summed E-state index contributed by atoms with van der Waals surface area (Å²) in [5.41, 5.74) is 3.20. The van der Waals surface area contributed by atoms with E-state index in [4.69, 9.17) is 0 Å². The Morgan fingerprint density at radius 2 is 2.00 bits per heavy atom. The highest BCUT2D eigenvalue weighted by Gasteiger charge is 2.10. The third-order valence-electron chi connectivity index (χ3n) is 3.94. The van der Waals surface area contributed by atoms with Crippen LogP contribution in [0.25, 0.3) is 5.69 Å². The lowest BCUT2D eigenvalue weighted by Gasteiger charge is -2.15.